The highest BCUT2D eigenvalue weighted by Gasteiger charge is 2.16. The summed E-state index contributed by atoms with van der Waals surface area (Å²) in [7, 11) is 0. The Hall–Kier alpha value is -3.21. The number of para-hydroxylation sites is 1. The first-order chi connectivity index (χ1) is 11.7. The fraction of sp³-hybridized carbons (Fsp3) is 0.105. The summed E-state index contributed by atoms with van der Waals surface area (Å²) < 4.78 is 2.06. The Morgan fingerprint density at radius 3 is 2.67 bits per heavy atom. The molecule has 0 atom stereocenters. The van der Waals surface area contributed by atoms with Gasteiger partial charge in [0.1, 0.15) is 0 Å². The second-order valence-corrected chi connectivity index (χ2v) is 5.44. The summed E-state index contributed by atoms with van der Waals surface area (Å²) in [6, 6.07) is 15.5. The van der Waals surface area contributed by atoms with Crippen molar-refractivity contribution in [2.75, 3.05) is 0 Å². The van der Waals surface area contributed by atoms with Gasteiger partial charge in [-0.3, -0.25) is 9.78 Å². The highest BCUT2D eigenvalue weighted by Crippen LogP contribution is 2.20. The molecule has 0 aliphatic rings. The Balaban J connectivity index is 1.80. The first-order valence-electron chi connectivity index (χ1n) is 7.64. The smallest absolute Gasteiger partial charge is 0.273 e. The third-order valence-electron chi connectivity index (χ3n) is 3.75. The van der Waals surface area contributed by atoms with Gasteiger partial charge >= 0.3 is 0 Å². The Morgan fingerprint density at radius 2 is 1.96 bits per heavy atom. The second-order valence-electron chi connectivity index (χ2n) is 5.44. The van der Waals surface area contributed by atoms with Crippen LogP contribution < -0.4 is 5.43 Å². The van der Waals surface area contributed by atoms with E-state index in [1.165, 1.54) is 0 Å². The number of hydrazone groups is 1. The molecular weight excluding hydrogens is 300 g/mol. The van der Waals surface area contributed by atoms with E-state index in [1.54, 1.807) is 18.6 Å². The number of aromatic nitrogens is 2. The van der Waals surface area contributed by atoms with Crippen molar-refractivity contribution < 1.29 is 4.79 Å². The Morgan fingerprint density at radius 1 is 1.17 bits per heavy atom. The monoisotopic (exact) mass is 318 g/mol. The van der Waals surface area contributed by atoms with Crippen LogP contribution in [0.5, 0.6) is 0 Å². The number of hydrogen-bond donors (Lipinski definition) is 1. The number of aryl methyl sites for hydroxylation is 1. The summed E-state index contributed by atoms with van der Waals surface area (Å²) in [4.78, 5) is 16.4. The quantitative estimate of drug-likeness (QED) is 0.593. The van der Waals surface area contributed by atoms with E-state index in [-0.39, 0.29) is 5.91 Å². The van der Waals surface area contributed by atoms with Crippen LogP contribution in [0.2, 0.25) is 0 Å². The molecule has 3 aromatic rings. The summed E-state index contributed by atoms with van der Waals surface area (Å²) in [5.74, 6) is -0.231. The first-order valence-corrected chi connectivity index (χ1v) is 7.64. The summed E-state index contributed by atoms with van der Waals surface area (Å²) in [5, 5.41) is 4.00. The molecule has 0 aliphatic heterocycles. The van der Waals surface area contributed by atoms with E-state index in [4.69, 9.17) is 0 Å². The third-order valence-corrected chi connectivity index (χ3v) is 3.75. The van der Waals surface area contributed by atoms with Crippen molar-refractivity contribution in [1.82, 2.24) is 15.0 Å². The van der Waals surface area contributed by atoms with Gasteiger partial charge in [0.25, 0.3) is 5.91 Å². The molecule has 120 valence electrons. The minimum atomic E-state index is -0.231. The Bertz CT molecular complexity index is 867. The summed E-state index contributed by atoms with van der Waals surface area (Å²) in [5.41, 5.74) is 6.92. The number of benzene rings is 1. The number of pyridine rings is 1. The van der Waals surface area contributed by atoms with Crippen molar-refractivity contribution in [3.8, 4) is 5.69 Å². The van der Waals surface area contributed by atoms with Crippen LogP contribution in [-0.4, -0.2) is 21.7 Å². The van der Waals surface area contributed by atoms with Gasteiger partial charge in [-0.05, 0) is 38.1 Å². The highest BCUT2D eigenvalue weighted by molar-refractivity contribution is 5.96. The third kappa shape index (κ3) is 3.25. The normalized spacial score (nSPS) is 10.9. The molecule has 2 aromatic heterocycles. The van der Waals surface area contributed by atoms with E-state index in [1.807, 2.05) is 62.4 Å². The molecule has 1 N–H and O–H groups in total. The van der Waals surface area contributed by atoms with Crippen LogP contribution in [0.4, 0.5) is 0 Å². The van der Waals surface area contributed by atoms with Gasteiger partial charge in [0.15, 0.2) is 0 Å². The van der Waals surface area contributed by atoms with Crippen LogP contribution in [-0.2, 0) is 0 Å². The number of carbonyl (C=O) groups excluding carboxylic acids is 1. The van der Waals surface area contributed by atoms with Gasteiger partial charge in [0, 0.05) is 35.0 Å². The zero-order valence-electron chi connectivity index (χ0n) is 13.6. The standard InChI is InChI=1S/C19H18N4O/c1-14-11-18(15(2)23(14)17-8-4-3-5-9-17)19(24)22-21-13-16-7-6-10-20-12-16/h3-13H,1-2H3,(H,22,24)/b21-13-. The van der Waals surface area contributed by atoms with Gasteiger partial charge in [-0.2, -0.15) is 5.10 Å². The van der Waals surface area contributed by atoms with E-state index < -0.39 is 0 Å². The lowest BCUT2D eigenvalue weighted by molar-refractivity contribution is 0.0954. The lowest BCUT2D eigenvalue weighted by Gasteiger charge is -2.09. The molecule has 0 saturated heterocycles. The molecule has 5 heteroatoms. The Kier molecular flexibility index (Phi) is 4.52. The predicted molar refractivity (Wildman–Crippen MR) is 94.5 cm³/mol. The van der Waals surface area contributed by atoms with E-state index in [0.717, 1.165) is 22.6 Å². The Labute approximate surface area is 140 Å². The molecule has 0 fully saturated rings. The number of nitrogens with one attached hydrogen (secondary N) is 1. The SMILES string of the molecule is Cc1cc(C(=O)N/N=C\c2cccnc2)c(C)n1-c1ccccc1. The number of carbonyl (C=O) groups is 1. The maximum atomic E-state index is 12.4. The molecule has 0 bridgehead atoms. The minimum Gasteiger partial charge on any atom is -0.318 e. The fourth-order valence-electron chi connectivity index (χ4n) is 2.65. The van der Waals surface area contributed by atoms with Gasteiger partial charge in [-0.25, -0.2) is 5.43 Å². The number of amides is 1. The second kappa shape index (κ2) is 6.91. The molecule has 3 rings (SSSR count). The minimum absolute atomic E-state index is 0.231. The zero-order chi connectivity index (χ0) is 16.9. The topological polar surface area (TPSA) is 59.3 Å². The molecule has 0 unspecified atom stereocenters. The van der Waals surface area contributed by atoms with Crippen LogP contribution >= 0.6 is 0 Å². The van der Waals surface area contributed by atoms with Crippen molar-refractivity contribution in [3.05, 3.63) is 83.4 Å². The first kappa shape index (κ1) is 15.7. The van der Waals surface area contributed by atoms with E-state index in [0.29, 0.717) is 5.56 Å². The van der Waals surface area contributed by atoms with Gasteiger partial charge in [0.05, 0.1) is 11.8 Å². The van der Waals surface area contributed by atoms with Crippen LogP contribution in [0.15, 0.2) is 66.0 Å². The van der Waals surface area contributed by atoms with Crippen molar-refractivity contribution >= 4 is 12.1 Å². The number of hydrogen-bond acceptors (Lipinski definition) is 3. The largest absolute Gasteiger partial charge is 0.318 e. The molecule has 0 radical (unpaired) electrons. The van der Waals surface area contributed by atoms with Crippen LogP contribution in [0, 0.1) is 13.8 Å². The van der Waals surface area contributed by atoms with Crippen molar-refractivity contribution in [2.45, 2.75) is 13.8 Å². The lowest BCUT2D eigenvalue weighted by atomic mass is 10.2. The molecule has 0 saturated carbocycles. The molecule has 1 aromatic carbocycles. The maximum absolute atomic E-state index is 12.4. The van der Waals surface area contributed by atoms with Gasteiger partial charge in [0.2, 0.25) is 0 Å². The molecule has 24 heavy (non-hydrogen) atoms. The van der Waals surface area contributed by atoms with Crippen molar-refractivity contribution in [1.29, 1.82) is 0 Å². The molecule has 0 aliphatic carbocycles. The van der Waals surface area contributed by atoms with Crippen LogP contribution in [0.3, 0.4) is 0 Å². The fourth-order valence-corrected chi connectivity index (χ4v) is 2.65. The van der Waals surface area contributed by atoms with Crippen LogP contribution in [0.25, 0.3) is 5.69 Å². The zero-order valence-corrected chi connectivity index (χ0v) is 13.6. The van der Waals surface area contributed by atoms with Crippen molar-refractivity contribution in [3.63, 3.8) is 0 Å². The predicted octanol–water partition coefficient (Wildman–Crippen LogP) is 3.25. The van der Waals surface area contributed by atoms with Crippen molar-refractivity contribution in [2.24, 2.45) is 5.10 Å². The van der Waals surface area contributed by atoms with E-state index in [9.17, 15) is 4.79 Å². The average Bonchev–Trinajstić information content (AvgIpc) is 2.91. The van der Waals surface area contributed by atoms with Gasteiger partial charge < -0.3 is 4.57 Å². The highest BCUT2D eigenvalue weighted by atomic mass is 16.2. The van der Waals surface area contributed by atoms with Crippen LogP contribution in [0.1, 0.15) is 27.3 Å². The van der Waals surface area contributed by atoms with E-state index in [2.05, 4.69) is 20.1 Å². The molecular formula is C19H18N4O. The molecule has 0 spiro atoms. The molecule has 2 heterocycles. The summed E-state index contributed by atoms with van der Waals surface area (Å²) >= 11 is 0. The summed E-state index contributed by atoms with van der Waals surface area (Å²) in [6.07, 6.45) is 4.94. The summed E-state index contributed by atoms with van der Waals surface area (Å²) in [6.45, 7) is 3.91. The van der Waals surface area contributed by atoms with Gasteiger partial charge in [-0.1, -0.05) is 24.3 Å². The lowest BCUT2D eigenvalue weighted by Crippen LogP contribution is -2.18. The average molecular weight is 318 g/mol. The maximum Gasteiger partial charge on any atom is 0.273 e. The number of rotatable bonds is 4. The number of nitrogens with zero attached hydrogens (tertiary/aromatic N) is 3. The molecule has 5 nitrogen and oxygen atoms in total. The van der Waals surface area contributed by atoms with E-state index >= 15 is 0 Å². The van der Waals surface area contributed by atoms with Gasteiger partial charge in [-0.15, -0.1) is 0 Å². The molecule has 1 amide bonds.